The lowest BCUT2D eigenvalue weighted by atomic mass is 10.2. The Balaban J connectivity index is 1.72. The Morgan fingerprint density at radius 3 is 3.04 bits per heavy atom. The van der Waals surface area contributed by atoms with E-state index in [0.29, 0.717) is 18.0 Å². The van der Waals surface area contributed by atoms with Crippen molar-refractivity contribution in [2.24, 2.45) is 0 Å². The van der Waals surface area contributed by atoms with Crippen molar-refractivity contribution < 1.29 is 17.9 Å². The topological polar surface area (TPSA) is 87.7 Å². The van der Waals surface area contributed by atoms with Gasteiger partial charge in [0.1, 0.15) is 5.75 Å². The number of anilines is 1. The average molecular weight is 339 g/mol. The van der Waals surface area contributed by atoms with Crippen molar-refractivity contribution in [2.75, 3.05) is 31.6 Å². The molecule has 0 spiro atoms. The average Bonchev–Trinajstić information content (AvgIpc) is 3.00. The second kappa shape index (κ2) is 6.46. The fourth-order valence-electron chi connectivity index (χ4n) is 3.06. The monoisotopic (exact) mass is 339 g/mol. The van der Waals surface area contributed by atoms with Gasteiger partial charge >= 0.3 is 0 Å². The highest BCUT2D eigenvalue weighted by Gasteiger charge is 2.26. The van der Waals surface area contributed by atoms with E-state index in [2.05, 4.69) is 21.9 Å². The number of hydrogen-bond acceptors (Lipinski definition) is 5. The first-order chi connectivity index (χ1) is 11.0. The van der Waals surface area contributed by atoms with E-state index >= 15 is 0 Å². The predicted octanol–water partition coefficient (Wildman–Crippen LogP) is 0.780. The van der Waals surface area contributed by atoms with E-state index in [1.54, 1.807) is 6.07 Å². The number of carbonyl (C=O) groups excluding carboxylic acids is 1. The lowest BCUT2D eigenvalue weighted by Gasteiger charge is -2.23. The normalized spacial score (nSPS) is 21.6. The van der Waals surface area contributed by atoms with Crippen LogP contribution < -0.4 is 14.8 Å². The van der Waals surface area contributed by atoms with Gasteiger partial charge in [0.2, 0.25) is 10.0 Å². The van der Waals surface area contributed by atoms with Gasteiger partial charge in [0, 0.05) is 12.6 Å². The van der Waals surface area contributed by atoms with Crippen LogP contribution in [0.25, 0.3) is 0 Å². The molecular formula is C15H21N3O4S. The fourth-order valence-corrected chi connectivity index (χ4v) is 4.16. The van der Waals surface area contributed by atoms with Crippen LogP contribution in [0.3, 0.4) is 0 Å². The Hall–Kier alpha value is -1.64. The number of benzene rings is 1. The van der Waals surface area contributed by atoms with Gasteiger partial charge in [0.25, 0.3) is 5.91 Å². The summed E-state index contributed by atoms with van der Waals surface area (Å²) in [4.78, 5) is 13.8. The summed E-state index contributed by atoms with van der Waals surface area (Å²) in [7, 11) is -3.61. The number of likely N-dealkylation sites (N-methyl/N-ethyl adjacent to an activating group) is 1. The number of nitrogens with one attached hydrogen (secondary N) is 2. The number of fused-ring (bicyclic) bond motifs is 1. The molecule has 23 heavy (non-hydrogen) atoms. The number of nitrogens with zero attached hydrogens (tertiary/aromatic N) is 1. The zero-order valence-corrected chi connectivity index (χ0v) is 13.9. The molecule has 0 bridgehead atoms. The Kier molecular flexibility index (Phi) is 4.56. The first kappa shape index (κ1) is 16.2. The molecule has 2 heterocycles. The smallest absolute Gasteiger partial charge is 0.262 e. The van der Waals surface area contributed by atoms with Crippen LogP contribution in [0.1, 0.15) is 19.8 Å². The van der Waals surface area contributed by atoms with E-state index < -0.39 is 10.0 Å². The van der Waals surface area contributed by atoms with Crippen molar-refractivity contribution in [3.8, 4) is 5.75 Å². The Morgan fingerprint density at radius 2 is 2.26 bits per heavy atom. The minimum absolute atomic E-state index is 0.0497. The molecule has 2 N–H and O–H groups in total. The molecule has 1 amide bonds. The molecule has 0 saturated carbocycles. The molecule has 2 aliphatic heterocycles. The first-order valence-electron chi connectivity index (χ1n) is 7.80. The Morgan fingerprint density at radius 1 is 1.43 bits per heavy atom. The number of ether oxygens (including phenoxy) is 1. The summed E-state index contributed by atoms with van der Waals surface area (Å²) < 4.78 is 32.9. The number of sulfonamides is 1. The quantitative estimate of drug-likeness (QED) is 0.828. The summed E-state index contributed by atoms with van der Waals surface area (Å²) in [5.74, 6) is 0.195. The van der Waals surface area contributed by atoms with Gasteiger partial charge in [-0.05, 0) is 44.1 Å². The summed E-state index contributed by atoms with van der Waals surface area (Å²) in [6, 6.07) is 4.73. The highest BCUT2D eigenvalue weighted by atomic mass is 32.2. The highest BCUT2D eigenvalue weighted by molar-refractivity contribution is 7.89. The fraction of sp³-hybridized carbons (Fsp3) is 0.533. The summed E-state index contributed by atoms with van der Waals surface area (Å²) in [6.45, 7) is 4.38. The Bertz CT molecular complexity index is 705. The third-order valence-corrected chi connectivity index (χ3v) is 5.73. The van der Waals surface area contributed by atoms with Crippen molar-refractivity contribution >= 4 is 21.6 Å². The van der Waals surface area contributed by atoms with Crippen molar-refractivity contribution in [3.63, 3.8) is 0 Å². The molecule has 2 aliphatic rings. The number of hydrogen-bond donors (Lipinski definition) is 2. The van der Waals surface area contributed by atoms with Crippen LogP contribution >= 0.6 is 0 Å². The molecule has 1 atom stereocenters. The molecule has 1 fully saturated rings. The van der Waals surface area contributed by atoms with E-state index in [9.17, 15) is 13.2 Å². The van der Waals surface area contributed by atoms with Crippen LogP contribution in [0.15, 0.2) is 23.1 Å². The molecule has 0 aliphatic carbocycles. The van der Waals surface area contributed by atoms with Gasteiger partial charge in [0.15, 0.2) is 6.61 Å². The van der Waals surface area contributed by atoms with E-state index in [1.807, 2.05) is 0 Å². The third-order valence-electron chi connectivity index (χ3n) is 4.31. The van der Waals surface area contributed by atoms with Crippen LogP contribution in [0.2, 0.25) is 0 Å². The third kappa shape index (κ3) is 3.49. The molecule has 3 rings (SSSR count). The van der Waals surface area contributed by atoms with E-state index in [4.69, 9.17) is 4.74 Å². The SMILES string of the molecule is CCN1CCCC1CNS(=O)(=O)c1ccc2c(c1)NC(=O)CO2. The predicted molar refractivity (Wildman–Crippen MR) is 86.0 cm³/mol. The number of rotatable bonds is 5. The molecule has 1 unspecified atom stereocenters. The van der Waals surface area contributed by atoms with E-state index in [0.717, 1.165) is 25.9 Å². The molecule has 7 nitrogen and oxygen atoms in total. The maximum Gasteiger partial charge on any atom is 0.262 e. The number of carbonyl (C=O) groups is 1. The minimum atomic E-state index is -3.61. The van der Waals surface area contributed by atoms with Gasteiger partial charge in [0.05, 0.1) is 10.6 Å². The van der Waals surface area contributed by atoms with Crippen molar-refractivity contribution in [1.82, 2.24) is 9.62 Å². The van der Waals surface area contributed by atoms with Gasteiger partial charge in [-0.1, -0.05) is 6.92 Å². The van der Waals surface area contributed by atoms with E-state index in [-0.39, 0.29) is 23.5 Å². The lowest BCUT2D eigenvalue weighted by molar-refractivity contribution is -0.118. The molecular weight excluding hydrogens is 318 g/mol. The van der Waals surface area contributed by atoms with Gasteiger partial charge < -0.3 is 10.1 Å². The summed E-state index contributed by atoms with van der Waals surface area (Å²) in [5.41, 5.74) is 0.389. The second-order valence-corrected chi connectivity index (χ2v) is 7.54. The zero-order valence-electron chi connectivity index (χ0n) is 13.0. The van der Waals surface area contributed by atoms with Gasteiger partial charge in [-0.15, -0.1) is 0 Å². The summed E-state index contributed by atoms with van der Waals surface area (Å²) in [5, 5.41) is 2.62. The van der Waals surface area contributed by atoms with E-state index in [1.165, 1.54) is 12.1 Å². The lowest BCUT2D eigenvalue weighted by Crippen LogP contribution is -2.40. The van der Waals surface area contributed by atoms with Crippen LogP contribution in [-0.4, -0.2) is 51.5 Å². The summed E-state index contributed by atoms with van der Waals surface area (Å²) in [6.07, 6.45) is 2.10. The van der Waals surface area contributed by atoms with Crippen LogP contribution in [0.5, 0.6) is 5.75 Å². The molecule has 0 radical (unpaired) electrons. The molecule has 8 heteroatoms. The molecule has 126 valence electrons. The van der Waals surface area contributed by atoms with Crippen LogP contribution in [0.4, 0.5) is 5.69 Å². The molecule has 0 aromatic heterocycles. The van der Waals surface area contributed by atoms with Gasteiger partial charge in [-0.3, -0.25) is 9.69 Å². The van der Waals surface area contributed by atoms with Gasteiger partial charge in [-0.2, -0.15) is 0 Å². The van der Waals surface area contributed by atoms with Crippen LogP contribution in [0, 0.1) is 0 Å². The van der Waals surface area contributed by atoms with Crippen molar-refractivity contribution in [1.29, 1.82) is 0 Å². The second-order valence-electron chi connectivity index (χ2n) is 5.77. The van der Waals surface area contributed by atoms with Crippen LogP contribution in [-0.2, 0) is 14.8 Å². The number of likely N-dealkylation sites (tertiary alicyclic amines) is 1. The molecule has 1 aromatic carbocycles. The molecule has 1 saturated heterocycles. The maximum atomic E-state index is 12.5. The highest BCUT2D eigenvalue weighted by Crippen LogP contribution is 2.30. The number of amides is 1. The maximum absolute atomic E-state index is 12.5. The summed E-state index contributed by atoms with van der Waals surface area (Å²) >= 11 is 0. The zero-order chi connectivity index (χ0) is 16.4. The first-order valence-corrected chi connectivity index (χ1v) is 9.28. The van der Waals surface area contributed by atoms with Crippen molar-refractivity contribution in [3.05, 3.63) is 18.2 Å². The standard InChI is InChI=1S/C15H21N3O4S/c1-2-18-7-3-4-11(18)9-16-23(20,21)12-5-6-14-13(8-12)17-15(19)10-22-14/h5-6,8,11,16H,2-4,7,9-10H2,1H3,(H,17,19). The van der Waals surface area contributed by atoms with Crippen molar-refractivity contribution in [2.45, 2.75) is 30.7 Å². The van der Waals surface area contributed by atoms with Gasteiger partial charge in [-0.25, -0.2) is 13.1 Å². The largest absolute Gasteiger partial charge is 0.482 e. The Labute approximate surface area is 136 Å². The minimum Gasteiger partial charge on any atom is -0.482 e. The molecule has 1 aromatic rings.